The lowest BCUT2D eigenvalue weighted by Crippen LogP contribution is -2.34. The number of rotatable bonds is 3. The topological polar surface area (TPSA) is 46.2 Å². The zero-order chi connectivity index (χ0) is 19.8. The van der Waals surface area contributed by atoms with Crippen molar-refractivity contribution in [2.24, 2.45) is 0 Å². The van der Waals surface area contributed by atoms with E-state index in [1.54, 1.807) is 12.2 Å². The van der Waals surface area contributed by atoms with E-state index in [-0.39, 0.29) is 16.7 Å². The standard InChI is InChI=1S/C24H29NO2/c1-6-25-22(27)18-9-7-16(15-26)13-19(18)17-8-10-20-21(14-17)24(4,5)12-11-23(20,2)3/h7-10,14H,6,11-13H2,1-5H3,(H,25,27). The van der Waals surface area contributed by atoms with Crippen LogP contribution in [0.5, 0.6) is 0 Å². The van der Waals surface area contributed by atoms with Gasteiger partial charge in [-0.25, -0.2) is 4.79 Å². The Morgan fingerprint density at radius 3 is 2.37 bits per heavy atom. The third kappa shape index (κ3) is 3.57. The first kappa shape index (κ1) is 19.4. The molecule has 2 aliphatic rings. The zero-order valence-corrected chi connectivity index (χ0v) is 17.0. The van der Waals surface area contributed by atoms with Crippen molar-refractivity contribution in [3.8, 4) is 0 Å². The van der Waals surface area contributed by atoms with E-state index < -0.39 is 0 Å². The minimum Gasteiger partial charge on any atom is -0.352 e. The summed E-state index contributed by atoms with van der Waals surface area (Å²) >= 11 is 0. The maximum Gasteiger partial charge on any atom is 0.251 e. The van der Waals surface area contributed by atoms with Crippen LogP contribution < -0.4 is 5.32 Å². The number of likely N-dealkylation sites (N-methyl/N-ethyl adjacent to an activating group) is 1. The number of hydrogen-bond acceptors (Lipinski definition) is 2. The average molecular weight is 364 g/mol. The van der Waals surface area contributed by atoms with Gasteiger partial charge >= 0.3 is 0 Å². The predicted molar refractivity (Wildman–Crippen MR) is 110 cm³/mol. The van der Waals surface area contributed by atoms with Gasteiger partial charge in [0.15, 0.2) is 0 Å². The van der Waals surface area contributed by atoms with Crippen LogP contribution in [-0.2, 0) is 20.4 Å². The molecule has 0 unspecified atom stereocenters. The van der Waals surface area contributed by atoms with Gasteiger partial charge in [-0.15, -0.1) is 0 Å². The Morgan fingerprint density at radius 2 is 1.74 bits per heavy atom. The van der Waals surface area contributed by atoms with Crippen LogP contribution in [0.15, 0.2) is 41.5 Å². The van der Waals surface area contributed by atoms with Gasteiger partial charge < -0.3 is 5.32 Å². The van der Waals surface area contributed by atoms with Crippen LogP contribution in [0.4, 0.5) is 0 Å². The highest BCUT2D eigenvalue weighted by atomic mass is 16.1. The van der Waals surface area contributed by atoms with E-state index >= 15 is 0 Å². The first-order valence-electron chi connectivity index (χ1n) is 9.78. The SMILES string of the molecule is CCNC(=O)C1=C(c2ccc3c(c2)C(C)(C)CCC3(C)C)CC(=C=O)C=C1. The smallest absolute Gasteiger partial charge is 0.251 e. The van der Waals surface area contributed by atoms with E-state index in [0.29, 0.717) is 24.1 Å². The molecule has 1 aromatic rings. The van der Waals surface area contributed by atoms with Gasteiger partial charge in [0, 0.05) is 24.1 Å². The van der Waals surface area contributed by atoms with Gasteiger partial charge in [-0.05, 0) is 65.0 Å². The van der Waals surface area contributed by atoms with Crippen LogP contribution in [0.3, 0.4) is 0 Å². The monoisotopic (exact) mass is 363 g/mol. The molecule has 1 amide bonds. The van der Waals surface area contributed by atoms with Gasteiger partial charge in [-0.1, -0.05) is 45.9 Å². The summed E-state index contributed by atoms with van der Waals surface area (Å²) in [7, 11) is 0. The molecule has 0 atom stereocenters. The maximum absolute atomic E-state index is 12.6. The van der Waals surface area contributed by atoms with E-state index in [1.165, 1.54) is 17.5 Å². The second kappa shape index (κ2) is 6.98. The van der Waals surface area contributed by atoms with E-state index in [4.69, 9.17) is 0 Å². The molecule has 142 valence electrons. The normalized spacial score (nSPS) is 20.1. The molecule has 0 saturated heterocycles. The van der Waals surface area contributed by atoms with Crippen molar-refractivity contribution in [2.75, 3.05) is 6.54 Å². The lowest BCUT2D eigenvalue weighted by atomic mass is 9.62. The molecule has 0 aliphatic heterocycles. The van der Waals surface area contributed by atoms with Crippen LogP contribution in [0.1, 0.15) is 70.6 Å². The second-order valence-electron chi connectivity index (χ2n) is 8.92. The van der Waals surface area contributed by atoms with Crippen molar-refractivity contribution < 1.29 is 9.59 Å². The summed E-state index contributed by atoms with van der Waals surface area (Å²) in [4.78, 5) is 23.8. The molecule has 0 aromatic heterocycles. The molecule has 0 radical (unpaired) electrons. The molecular formula is C24H29NO2. The number of nitrogens with one attached hydrogen (secondary N) is 1. The number of fused-ring (bicyclic) bond motifs is 1. The van der Waals surface area contributed by atoms with Crippen LogP contribution in [0.2, 0.25) is 0 Å². The van der Waals surface area contributed by atoms with Gasteiger partial charge in [0.2, 0.25) is 0 Å². The molecular weight excluding hydrogens is 334 g/mol. The molecule has 0 spiro atoms. The summed E-state index contributed by atoms with van der Waals surface area (Å²) in [6.07, 6.45) is 6.19. The number of allylic oxidation sites excluding steroid dienone is 3. The summed E-state index contributed by atoms with van der Waals surface area (Å²) in [6.45, 7) is 11.7. The largest absolute Gasteiger partial charge is 0.352 e. The van der Waals surface area contributed by atoms with Crippen molar-refractivity contribution in [2.45, 2.75) is 64.7 Å². The van der Waals surface area contributed by atoms with Gasteiger partial charge in [-0.3, -0.25) is 4.79 Å². The highest BCUT2D eigenvalue weighted by Gasteiger charge is 2.37. The molecule has 0 saturated carbocycles. The Hall–Kier alpha value is -2.38. The predicted octanol–water partition coefficient (Wildman–Crippen LogP) is 4.64. The zero-order valence-electron chi connectivity index (χ0n) is 17.0. The highest BCUT2D eigenvalue weighted by Crippen LogP contribution is 2.47. The molecule has 3 rings (SSSR count). The van der Waals surface area contributed by atoms with Gasteiger partial charge in [0.1, 0.15) is 5.94 Å². The third-order valence-corrected chi connectivity index (χ3v) is 6.06. The summed E-state index contributed by atoms with van der Waals surface area (Å²) < 4.78 is 0. The quantitative estimate of drug-likeness (QED) is 0.795. The van der Waals surface area contributed by atoms with Gasteiger partial charge in [0.25, 0.3) is 5.91 Å². The number of amides is 1. The highest BCUT2D eigenvalue weighted by molar-refractivity contribution is 6.05. The van der Waals surface area contributed by atoms with Crippen LogP contribution >= 0.6 is 0 Å². The first-order valence-corrected chi connectivity index (χ1v) is 9.78. The van der Waals surface area contributed by atoms with E-state index in [2.05, 4.69) is 51.2 Å². The first-order chi connectivity index (χ1) is 12.7. The Kier molecular flexibility index (Phi) is 5.01. The molecule has 27 heavy (non-hydrogen) atoms. The van der Waals surface area contributed by atoms with Gasteiger partial charge in [0.05, 0.1) is 0 Å². The number of hydrogen-bond donors (Lipinski definition) is 1. The van der Waals surface area contributed by atoms with Crippen molar-refractivity contribution in [3.05, 3.63) is 58.2 Å². The fourth-order valence-electron chi connectivity index (χ4n) is 4.20. The summed E-state index contributed by atoms with van der Waals surface area (Å²) in [5, 5.41) is 2.88. The van der Waals surface area contributed by atoms with Crippen molar-refractivity contribution >= 4 is 17.4 Å². The van der Waals surface area contributed by atoms with E-state index in [1.807, 2.05) is 12.9 Å². The molecule has 0 heterocycles. The fraction of sp³-hybridized carbons (Fsp3) is 0.458. The van der Waals surface area contributed by atoms with Crippen LogP contribution in [-0.4, -0.2) is 18.4 Å². The maximum atomic E-state index is 12.6. The molecule has 3 nitrogen and oxygen atoms in total. The molecule has 2 aliphatic carbocycles. The van der Waals surface area contributed by atoms with E-state index in [9.17, 15) is 9.59 Å². The Labute approximate surface area is 162 Å². The molecule has 1 aromatic carbocycles. The summed E-state index contributed by atoms with van der Waals surface area (Å²) in [5.41, 5.74) is 6.15. The number of benzene rings is 1. The number of carbonyl (C=O) groups is 1. The Balaban J connectivity index is 2.17. The lowest BCUT2D eigenvalue weighted by molar-refractivity contribution is -0.117. The Morgan fingerprint density at radius 1 is 1.07 bits per heavy atom. The van der Waals surface area contributed by atoms with Gasteiger partial charge in [-0.2, -0.15) is 0 Å². The minimum atomic E-state index is -0.0917. The summed E-state index contributed by atoms with van der Waals surface area (Å²) in [6, 6.07) is 6.57. The van der Waals surface area contributed by atoms with Crippen molar-refractivity contribution in [1.29, 1.82) is 0 Å². The second-order valence-corrected chi connectivity index (χ2v) is 8.92. The Bertz CT molecular complexity index is 893. The molecule has 3 heteroatoms. The van der Waals surface area contributed by atoms with E-state index in [0.717, 1.165) is 17.6 Å². The van der Waals surface area contributed by atoms with Crippen molar-refractivity contribution in [3.63, 3.8) is 0 Å². The van der Waals surface area contributed by atoms with Crippen LogP contribution in [0.25, 0.3) is 5.57 Å². The lowest BCUT2D eigenvalue weighted by Gasteiger charge is -2.42. The third-order valence-electron chi connectivity index (χ3n) is 6.06. The molecule has 1 N–H and O–H groups in total. The number of carbonyl (C=O) groups excluding carboxylic acids is 2. The average Bonchev–Trinajstić information content (AvgIpc) is 2.65. The molecule has 0 bridgehead atoms. The molecule has 0 fully saturated rings. The fourth-order valence-corrected chi connectivity index (χ4v) is 4.20. The van der Waals surface area contributed by atoms with Crippen molar-refractivity contribution in [1.82, 2.24) is 5.32 Å². The summed E-state index contributed by atoms with van der Waals surface area (Å²) in [5.74, 6) is 1.91. The van der Waals surface area contributed by atoms with Crippen LogP contribution in [0, 0.1) is 0 Å². The minimum absolute atomic E-state index is 0.0917.